The van der Waals surface area contributed by atoms with Gasteiger partial charge in [0.2, 0.25) is 0 Å². The Labute approximate surface area is 269 Å². The molecule has 2 saturated heterocycles. The number of hydrogen-bond donors (Lipinski definition) is 0. The Balaban J connectivity index is 1.44. The van der Waals surface area contributed by atoms with Crippen molar-refractivity contribution in [2.24, 2.45) is 11.8 Å². The molecule has 2 heterocycles. The summed E-state index contributed by atoms with van der Waals surface area (Å²) in [5, 5.41) is 0. The lowest BCUT2D eigenvalue weighted by Crippen LogP contribution is -2.67. The van der Waals surface area contributed by atoms with Crippen LogP contribution in [-0.4, -0.2) is 23.9 Å². The zero-order valence-electron chi connectivity index (χ0n) is 26.5. The van der Waals surface area contributed by atoms with Gasteiger partial charge in [0.25, 0.3) is 0 Å². The van der Waals surface area contributed by atoms with Crippen molar-refractivity contribution in [3.8, 4) is 11.5 Å². The third-order valence-corrected chi connectivity index (χ3v) is 10.6. The fourth-order valence-electron chi connectivity index (χ4n) is 8.57. The van der Waals surface area contributed by atoms with E-state index in [0.717, 1.165) is 86.5 Å². The van der Waals surface area contributed by atoms with E-state index >= 15 is 0 Å². The Morgan fingerprint density at radius 3 is 1.28 bits per heavy atom. The molecule has 0 spiro atoms. The first kappa shape index (κ1) is 30.5. The van der Waals surface area contributed by atoms with Gasteiger partial charge >= 0.3 is 23.9 Å². The van der Waals surface area contributed by atoms with Crippen LogP contribution in [0.5, 0.6) is 11.5 Å². The van der Waals surface area contributed by atoms with Crippen LogP contribution in [0.4, 0.5) is 0 Å². The van der Waals surface area contributed by atoms with E-state index < -0.39 is 23.0 Å². The lowest BCUT2D eigenvalue weighted by Gasteiger charge is -2.59. The maximum atomic E-state index is 14.2. The molecular weight excluding hydrogens is 584 g/mol. The van der Waals surface area contributed by atoms with Crippen molar-refractivity contribution in [2.75, 3.05) is 0 Å². The topological polar surface area (TPSA) is 105 Å². The first-order valence-corrected chi connectivity index (χ1v) is 16.9. The second kappa shape index (κ2) is 11.9. The van der Waals surface area contributed by atoms with Crippen molar-refractivity contribution in [1.29, 1.82) is 0 Å². The highest BCUT2D eigenvalue weighted by molar-refractivity contribution is 6.00. The summed E-state index contributed by atoms with van der Waals surface area (Å²) in [5.41, 5.74) is 2.55. The van der Waals surface area contributed by atoms with Crippen LogP contribution < -0.4 is 9.47 Å². The van der Waals surface area contributed by atoms with Crippen molar-refractivity contribution in [2.45, 2.75) is 102 Å². The van der Waals surface area contributed by atoms with Gasteiger partial charge < -0.3 is 18.9 Å². The van der Waals surface area contributed by atoms with Gasteiger partial charge in [-0.2, -0.15) is 0 Å². The molecule has 240 valence electrons. The van der Waals surface area contributed by atoms with E-state index in [1.165, 1.54) is 0 Å². The third kappa shape index (κ3) is 4.63. The smallest absolute Gasteiger partial charge is 0.335 e. The summed E-state index contributed by atoms with van der Waals surface area (Å²) < 4.78 is 24.2. The fraction of sp³-hybridized carbons (Fsp3) is 0.474. The monoisotopic (exact) mass is 624 g/mol. The molecule has 3 aliphatic carbocycles. The largest absolute Gasteiger partial charge is 0.449 e. The minimum Gasteiger partial charge on any atom is -0.449 e. The van der Waals surface area contributed by atoms with E-state index in [1.807, 2.05) is 24.3 Å². The van der Waals surface area contributed by atoms with E-state index in [1.54, 1.807) is 38.1 Å². The van der Waals surface area contributed by atoms with Crippen molar-refractivity contribution in [3.05, 3.63) is 82.0 Å². The second-order valence-electron chi connectivity index (χ2n) is 13.1. The number of carbonyl (C=O) groups excluding carboxylic acids is 4. The normalized spacial score (nSPS) is 28.6. The zero-order valence-corrected chi connectivity index (χ0v) is 26.5. The summed E-state index contributed by atoms with van der Waals surface area (Å²) in [6, 6.07) is 14.4. The number of hydrogen-bond acceptors (Lipinski definition) is 8. The Morgan fingerprint density at radius 1 is 0.609 bits per heavy atom. The van der Waals surface area contributed by atoms with Crippen molar-refractivity contribution in [3.63, 3.8) is 0 Å². The number of fused-ring (bicyclic) bond motifs is 4. The molecule has 2 aliphatic heterocycles. The van der Waals surface area contributed by atoms with Crippen LogP contribution >= 0.6 is 0 Å². The average Bonchev–Trinajstić information content (AvgIpc) is 3.53. The van der Waals surface area contributed by atoms with Crippen LogP contribution in [0.15, 0.2) is 70.8 Å². The van der Waals surface area contributed by atoms with Crippen LogP contribution in [0.3, 0.4) is 0 Å². The SMILES string of the molecule is CCC(=O)Oc1ccc(C23OC(=O)C(=C4CCCCC4)C2C2(c4ccc(OC(=O)CC)cc4)OC(=O)C(=C4CCCCC4)C32)cc1. The molecule has 0 atom stereocenters. The zero-order chi connectivity index (χ0) is 32.1. The molecular formula is C38H40O8. The Morgan fingerprint density at radius 2 is 0.957 bits per heavy atom. The van der Waals surface area contributed by atoms with Crippen LogP contribution in [0.2, 0.25) is 0 Å². The second-order valence-corrected chi connectivity index (χ2v) is 13.1. The van der Waals surface area contributed by atoms with E-state index in [2.05, 4.69) is 0 Å². The van der Waals surface area contributed by atoms with Crippen molar-refractivity contribution < 1.29 is 38.1 Å². The first-order valence-electron chi connectivity index (χ1n) is 16.9. The average molecular weight is 625 g/mol. The van der Waals surface area contributed by atoms with Gasteiger partial charge in [-0.3, -0.25) is 9.59 Å². The summed E-state index contributed by atoms with van der Waals surface area (Å²) in [6.45, 7) is 3.48. The van der Waals surface area contributed by atoms with Gasteiger partial charge in [-0.05, 0) is 86.8 Å². The molecule has 5 fully saturated rings. The standard InChI is InChI=1S/C38H40O8/c1-3-29(39)43-27-19-15-25(16-20-27)37-33(31(35(41)45-37)23-11-7-5-8-12-23)38(26-17-21-28(22-18-26)44-30(40)4-2)34(37)32(36(42)46-38)24-13-9-6-10-14-24/h15-22,33-34H,3-14H2,1-2H3. The quantitative estimate of drug-likeness (QED) is 0.188. The Bertz CT molecular complexity index is 1500. The molecule has 8 heteroatoms. The molecule has 2 aromatic rings. The minimum absolute atomic E-state index is 0.250. The van der Waals surface area contributed by atoms with Gasteiger partial charge in [0.1, 0.15) is 11.5 Å². The van der Waals surface area contributed by atoms with Gasteiger partial charge in [0.05, 0.1) is 11.8 Å². The molecule has 5 aliphatic rings. The van der Waals surface area contributed by atoms with Crippen LogP contribution in [0, 0.1) is 11.8 Å². The summed E-state index contributed by atoms with van der Waals surface area (Å²) in [4.78, 5) is 52.4. The van der Waals surface area contributed by atoms with E-state index in [4.69, 9.17) is 18.9 Å². The predicted octanol–water partition coefficient (Wildman–Crippen LogP) is 7.29. The molecule has 0 aromatic heterocycles. The molecule has 46 heavy (non-hydrogen) atoms. The fourth-order valence-corrected chi connectivity index (χ4v) is 8.57. The van der Waals surface area contributed by atoms with Crippen molar-refractivity contribution in [1.82, 2.24) is 0 Å². The summed E-state index contributed by atoms with van der Waals surface area (Å²) >= 11 is 0. The molecule has 0 N–H and O–H groups in total. The Hall–Kier alpha value is -4.20. The third-order valence-electron chi connectivity index (χ3n) is 10.6. The highest BCUT2D eigenvalue weighted by Gasteiger charge is 2.85. The summed E-state index contributed by atoms with van der Waals surface area (Å²) in [5.74, 6) is -1.72. The molecule has 2 aromatic carbocycles. The van der Waals surface area contributed by atoms with E-state index in [9.17, 15) is 19.2 Å². The minimum atomic E-state index is -1.18. The highest BCUT2D eigenvalue weighted by Crippen LogP contribution is 2.77. The molecule has 0 amide bonds. The predicted molar refractivity (Wildman–Crippen MR) is 167 cm³/mol. The Kier molecular flexibility index (Phi) is 7.86. The molecule has 8 nitrogen and oxygen atoms in total. The van der Waals surface area contributed by atoms with Gasteiger partial charge in [0.15, 0.2) is 11.2 Å². The number of allylic oxidation sites excluding steroid dienone is 2. The molecule has 0 unspecified atom stereocenters. The van der Waals surface area contributed by atoms with E-state index in [-0.39, 0.29) is 36.7 Å². The van der Waals surface area contributed by atoms with Crippen molar-refractivity contribution >= 4 is 23.9 Å². The van der Waals surface area contributed by atoms with E-state index in [0.29, 0.717) is 22.6 Å². The first-order chi connectivity index (χ1) is 22.3. The summed E-state index contributed by atoms with van der Waals surface area (Å²) in [6.07, 6.45) is 9.90. The van der Waals surface area contributed by atoms with Gasteiger partial charge in [0, 0.05) is 24.0 Å². The van der Waals surface area contributed by atoms with Crippen LogP contribution in [0.25, 0.3) is 0 Å². The number of carbonyl (C=O) groups is 4. The van der Waals surface area contributed by atoms with Gasteiger partial charge in [-0.1, -0.05) is 62.1 Å². The maximum Gasteiger partial charge on any atom is 0.335 e. The molecule has 7 rings (SSSR count). The van der Waals surface area contributed by atoms with Crippen LogP contribution in [0.1, 0.15) is 102 Å². The summed E-state index contributed by atoms with van der Waals surface area (Å²) in [7, 11) is 0. The lowest BCUT2D eigenvalue weighted by molar-refractivity contribution is -0.250. The molecule has 3 saturated carbocycles. The van der Waals surface area contributed by atoms with Gasteiger partial charge in [-0.25, -0.2) is 9.59 Å². The lowest BCUT2D eigenvalue weighted by atomic mass is 9.44. The number of ether oxygens (including phenoxy) is 4. The molecule has 0 bridgehead atoms. The van der Waals surface area contributed by atoms with Crippen LogP contribution in [-0.2, 0) is 39.9 Å². The van der Waals surface area contributed by atoms with Gasteiger partial charge in [-0.15, -0.1) is 0 Å². The number of benzene rings is 2. The molecule has 0 radical (unpaired) electrons. The number of rotatable bonds is 6. The highest BCUT2D eigenvalue weighted by atomic mass is 16.6. The number of esters is 4. The maximum absolute atomic E-state index is 14.2.